The Hall–Kier alpha value is -3.34. The molecule has 0 unspecified atom stereocenters. The lowest BCUT2D eigenvalue weighted by atomic mass is 10.1. The lowest BCUT2D eigenvalue weighted by molar-refractivity contribution is 0.414. The number of nitrogens with one attached hydrogen (secondary N) is 2. The predicted molar refractivity (Wildman–Crippen MR) is 141 cm³/mol. The zero-order valence-electron chi connectivity index (χ0n) is 18.7. The number of rotatable bonds is 8. The van der Waals surface area contributed by atoms with E-state index >= 15 is 0 Å². The Balaban J connectivity index is 0.00000306. The Kier molecular flexibility index (Phi) is 8.87. The number of benzene rings is 2. The van der Waals surface area contributed by atoms with Crippen LogP contribution in [0.15, 0.2) is 84.2 Å². The van der Waals surface area contributed by atoms with Crippen molar-refractivity contribution >= 4 is 29.9 Å². The third-order valence-electron chi connectivity index (χ3n) is 5.05. The number of aliphatic imine (C=N–C) groups is 1. The van der Waals surface area contributed by atoms with E-state index in [-0.39, 0.29) is 24.0 Å². The van der Waals surface area contributed by atoms with Crippen molar-refractivity contribution in [2.24, 2.45) is 4.99 Å². The molecule has 0 saturated heterocycles. The van der Waals surface area contributed by atoms with Crippen molar-refractivity contribution in [2.75, 3.05) is 20.7 Å². The summed E-state index contributed by atoms with van der Waals surface area (Å²) >= 11 is 0. The smallest absolute Gasteiger partial charge is 0.191 e. The van der Waals surface area contributed by atoms with Crippen LogP contribution < -0.4 is 15.4 Å². The molecule has 0 amide bonds. The van der Waals surface area contributed by atoms with Gasteiger partial charge in [-0.25, -0.2) is 9.36 Å². The largest absolute Gasteiger partial charge is 0.497 e. The van der Waals surface area contributed by atoms with Crippen molar-refractivity contribution in [3.8, 4) is 17.1 Å². The van der Waals surface area contributed by atoms with Crippen molar-refractivity contribution in [2.45, 2.75) is 13.0 Å². The highest BCUT2D eigenvalue weighted by atomic mass is 127. The summed E-state index contributed by atoms with van der Waals surface area (Å²) < 4.78 is 8.90. The van der Waals surface area contributed by atoms with Crippen LogP contribution in [0.2, 0.25) is 0 Å². The van der Waals surface area contributed by atoms with Crippen molar-refractivity contribution in [1.29, 1.82) is 0 Å². The molecule has 8 nitrogen and oxygen atoms in total. The molecule has 0 radical (unpaired) electrons. The fourth-order valence-electron chi connectivity index (χ4n) is 3.29. The Bertz CT molecular complexity index is 1140. The lowest BCUT2D eigenvalue weighted by Gasteiger charge is -2.11. The molecule has 0 aliphatic heterocycles. The maximum atomic E-state index is 5.21. The van der Waals surface area contributed by atoms with Gasteiger partial charge in [0.25, 0.3) is 0 Å². The van der Waals surface area contributed by atoms with E-state index in [9.17, 15) is 0 Å². The number of ether oxygens (including phenoxy) is 1. The molecule has 0 spiro atoms. The quantitative estimate of drug-likeness (QED) is 0.197. The van der Waals surface area contributed by atoms with Gasteiger partial charge in [0.1, 0.15) is 5.75 Å². The molecule has 0 bridgehead atoms. The molecule has 0 aliphatic rings. The average Bonchev–Trinajstić information content (AvgIpc) is 3.54. The topological polar surface area (TPSA) is 81.3 Å². The van der Waals surface area contributed by atoms with Crippen LogP contribution in [0.4, 0.5) is 0 Å². The molecule has 4 aromatic rings. The maximum Gasteiger partial charge on any atom is 0.191 e. The fourth-order valence-corrected chi connectivity index (χ4v) is 3.29. The molecule has 2 aromatic heterocycles. The second kappa shape index (κ2) is 12.0. The molecule has 0 atom stereocenters. The van der Waals surface area contributed by atoms with Gasteiger partial charge in [0.05, 0.1) is 30.7 Å². The van der Waals surface area contributed by atoms with E-state index in [1.165, 1.54) is 5.56 Å². The molecule has 2 N–H and O–H groups in total. The molecule has 2 aromatic carbocycles. The van der Waals surface area contributed by atoms with Gasteiger partial charge in [0.15, 0.2) is 5.96 Å². The van der Waals surface area contributed by atoms with Crippen molar-refractivity contribution < 1.29 is 4.74 Å². The summed E-state index contributed by atoms with van der Waals surface area (Å²) in [5.41, 5.74) is 4.22. The van der Waals surface area contributed by atoms with E-state index in [0.29, 0.717) is 6.54 Å². The van der Waals surface area contributed by atoms with Gasteiger partial charge in [-0.3, -0.25) is 4.99 Å². The van der Waals surface area contributed by atoms with Gasteiger partial charge in [-0.2, -0.15) is 10.2 Å². The highest BCUT2D eigenvalue weighted by Gasteiger charge is 2.04. The molecule has 0 aliphatic carbocycles. The number of nitrogens with zero attached hydrogens (tertiary/aromatic N) is 5. The lowest BCUT2D eigenvalue weighted by Crippen LogP contribution is -2.38. The first-order valence-corrected chi connectivity index (χ1v) is 10.5. The Labute approximate surface area is 210 Å². The summed E-state index contributed by atoms with van der Waals surface area (Å²) in [5.74, 6) is 1.57. The monoisotopic (exact) mass is 557 g/mol. The molecule has 33 heavy (non-hydrogen) atoms. The summed E-state index contributed by atoms with van der Waals surface area (Å²) in [6.07, 6.45) is 6.56. The van der Waals surface area contributed by atoms with Crippen molar-refractivity contribution in [3.05, 3.63) is 90.5 Å². The summed E-state index contributed by atoms with van der Waals surface area (Å²) in [5, 5.41) is 15.5. The zero-order valence-corrected chi connectivity index (χ0v) is 21.0. The first kappa shape index (κ1) is 24.3. The van der Waals surface area contributed by atoms with Crippen LogP contribution in [-0.2, 0) is 13.0 Å². The van der Waals surface area contributed by atoms with Crippen LogP contribution in [0.25, 0.3) is 11.4 Å². The molecular weight excluding hydrogens is 529 g/mol. The van der Waals surface area contributed by atoms with Gasteiger partial charge in [0, 0.05) is 32.2 Å². The Morgan fingerprint density at radius 2 is 1.67 bits per heavy atom. The minimum Gasteiger partial charge on any atom is -0.497 e. The summed E-state index contributed by atoms with van der Waals surface area (Å²) in [7, 11) is 3.43. The molecule has 0 fully saturated rings. The second-order valence-corrected chi connectivity index (χ2v) is 7.17. The van der Waals surface area contributed by atoms with Gasteiger partial charge in [0.2, 0.25) is 0 Å². The average molecular weight is 557 g/mol. The first-order valence-electron chi connectivity index (χ1n) is 10.5. The summed E-state index contributed by atoms with van der Waals surface area (Å²) in [4.78, 5) is 4.30. The van der Waals surface area contributed by atoms with Gasteiger partial charge in [-0.15, -0.1) is 24.0 Å². The zero-order chi connectivity index (χ0) is 22.2. The van der Waals surface area contributed by atoms with Gasteiger partial charge < -0.3 is 15.4 Å². The minimum atomic E-state index is 0. The third-order valence-corrected chi connectivity index (χ3v) is 5.05. The van der Waals surface area contributed by atoms with E-state index in [1.54, 1.807) is 20.4 Å². The molecular formula is C24H28IN7O. The van der Waals surface area contributed by atoms with Crippen LogP contribution in [0.1, 0.15) is 11.3 Å². The second-order valence-electron chi connectivity index (χ2n) is 7.17. The molecule has 172 valence electrons. The maximum absolute atomic E-state index is 5.21. The van der Waals surface area contributed by atoms with Crippen molar-refractivity contribution in [1.82, 2.24) is 30.2 Å². The number of aromatic nitrogens is 4. The van der Waals surface area contributed by atoms with E-state index in [4.69, 9.17) is 4.74 Å². The van der Waals surface area contributed by atoms with Crippen LogP contribution >= 0.6 is 24.0 Å². The first-order chi connectivity index (χ1) is 15.7. The van der Waals surface area contributed by atoms with Crippen LogP contribution in [0.5, 0.6) is 5.75 Å². The molecule has 4 rings (SSSR count). The van der Waals surface area contributed by atoms with Gasteiger partial charge in [-0.05, 0) is 60.5 Å². The molecule has 9 heteroatoms. The predicted octanol–water partition coefficient (Wildman–Crippen LogP) is 3.59. The van der Waals surface area contributed by atoms with E-state index in [1.807, 2.05) is 58.2 Å². The van der Waals surface area contributed by atoms with Crippen LogP contribution in [-0.4, -0.2) is 46.2 Å². The molecule has 2 heterocycles. The number of hydrogen-bond acceptors (Lipinski definition) is 4. The standard InChI is InChI=1S/C24H27N7O.HI/c1-25-24(26-15-12-19-4-6-21(7-5-19)30-16-3-14-28-30)27-18-20-13-17-31(29-20)22-8-10-23(32-2)11-9-22;/h3-11,13-14,16-17H,12,15,18H2,1-2H3,(H2,25,26,27);1H. The number of guanidine groups is 1. The highest BCUT2D eigenvalue weighted by molar-refractivity contribution is 14.0. The summed E-state index contributed by atoms with van der Waals surface area (Å²) in [6.45, 7) is 1.36. The highest BCUT2D eigenvalue weighted by Crippen LogP contribution is 2.14. The van der Waals surface area contributed by atoms with Gasteiger partial charge >= 0.3 is 0 Å². The van der Waals surface area contributed by atoms with Crippen molar-refractivity contribution in [3.63, 3.8) is 0 Å². The Morgan fingerprint density at radius 1 is 0.939 bits per heavy atom. The van der Waals surface area contributed by atoms with Crippen LogP contribution in [0.3, 0.4) is 0 Å². The fraction of sp³-hybridized carbons (Fsp3) is 0.208. The minimum absolute atomic E-state index is 0. The number of halogens is 1. The normalized spacial score (nSPS) is 11.0. The molecule has 0 saturated carbocycles. The van der Waals surface area contributed by atoms with E-state index < -0.39 is 0 Å². The Morgan fingerprint density at radius 3 is 2.33 bits per heavy atom. The number of hydrogen-bond donors (Lipinski definition) is 2. The van der Waals surface area contributed by atoms with Gasteiger partial charge in [-0.1, -0.05) is 12.1 Å². The SMILES string of the molecule is CN=C(NCCc1ccc(-n2cccn2)cc1)NCc1ccn(-c2ccc(OC)cc2)n1.I. The third kappa shape index (κ3) is 6.58. The summed E-state index contributed by atoms with van der Waals surface area (Å²) in [6, 6.07) is 20.1. The van der Waals surface area contributed by atoms with E-state index in [2.05, 4.69) is 50.1 Å². The van der Waals surface area contributed by atoms with E-state index in [0.717, 1.165) is 41.7 Å². The van der Waals surface area contributed by atoms with Crippen LogP contribution in [0, 0.1) is 0 Å². The number of methoxy groups -OCH3 is 1.